The van der Waals surface area contributed by atoms with E-state index >= 15 is 0 Å². The number of carbonyl (C=O) groups excluding carboxylic acids is 4. The van der Waals surface area contributed by atoms with Crippen LogP contribution in [0.1, 0.15) is 29.8 Å². The van der Waals surface area contributed by atoms with Gasteiger partial charge in [-0.3, -0.25) is 19.2 Å². The van der Waals surface area contributed by atoms with Gasteiger partial charge in [-0.25, -0.2) is 0 Å². The normalized spacial score (nSPS) is 11.5. The van der Waals surface area contributed by atoms with Crippen LogP contribution in [0.2, 0.25) is 0 Å². The molecule has 0 radical (unpaired) electrons. The number of anilines is 1. The molecule has 0 aromatic heterocycles. The molecule has 0 aliphatic rings. The summed E-state index contributed by atoms with van der Waals surface area (Å²) in [6, 6.07) is 15.8. The van der Waals surface area contributed by atoms with Gasteiger partial charge in [0.25, 0.3) is 5.91 Å². The zero-order valence-electron chi connectivity index (χ0n) is 16.2. The van der Waals surface area contributed by atoms with Crippen LogP contribution in [0.25, 0.3) is 6.08 Å². The van der Waals surface area contributed by atoms with Crippen LogP contribution >= 0.6 is 0 Å². The molecule has 2 aromatic rings. The van der Waals surface area contributed by atoms with Crippen molar-refractivity contribution in [2.75, 3.05) is 11.9 Å². The Morgan fingerprint density at radius 2 is 1.66 bits per heavy atom. The minimum atomic E-state index is -1.10. The predicted octanol–water partition coefficient (Wildman–Crippen LogP) is 2.59. The van der Waals surface area contributed by atoms with Crippen molar-refractivity contribution in [3.8, 4) is 0 Å². The predicted molar refractivity (Wildman–Crippen MR) is 109 cm³/mol. The number of Topliss-reactive ketones (excluding diaryl/α,β-unsaturated/α-hetero) is 1. The van der Waals surface area contributed by atoms with Crippen LogP contribution in [-0.2, 0) is 19.1 Å². The molecule has 7 heteroatoms. The topological polar surface area (TPSA) is 102 Å². The van der Waals surface area contributed by atoms with Crippen molar-refractivity contribution in [3.05, 3.63) is 71.8 Å². The van der Waals surface area contributed by atoms with Crippen LogP contribution in [0.3, 0.4) is 0 Å². The maximum atomic E-state index is 12.2. The smallest absolute Gasteiger partial charge is 0.326 e. The maximum Gasteiger partial charge on any atom is 0.326 e. The molecule has 150 valence electrons. The summed E-state index contributed by atoms with van der Waals surface area (Å²) in [4.78, 5) is 47.5. The van der Waals surface area contributed by atoms with Crippen molar-refractivity contribution in [2.24, 2.45) is 0 Å². The zero-order chi connectivity index (χ0) is 21.2. The molecule has 2 amide bonds. The number of esters is 1. The number of para-hydroxylation sites is 1. The molecule has 2 rings (SSSR count). The molecule has 0 bridgehead atoms. The van der Waals surface area contributed by atoms with Gasteiger partial charge in [-0.1, -0.05) is 42.5 Å². The molecule has 0 saturated carbocycles. The molecule has 0 unspecified atom stereocenters. The Morgan fingerprint density at radius 1 is 1.00 bits per heavy atom. The summed E-state index contributed by atoms with van der Waals surface area (Å²) in [5.74, 6) is -1.99. The fourth-order valence-corrected chi connectivity index (χ4v) is 2.38. The standard InChI is InChI=1S/C22H22N2O5/c1-15(25)18-10-6-7-11-19(18)24-22(28)16(2)29-21(27)14-23-20(26)13-12-17-8-4-3-5-9-17/h3-13,16H,14H2,1-2H3,(H,23,26)(H,24,28)/b13-12+/t16-/m0/s1. The highest BCUT2D eigenvalue weighted by Gasteiger charge is 2.19. The number of hydrogen-bond acceptors (Lipinski definition) is 5. The van der Waals surface area contributed by atoms with Gasteiger partial charge in [0, 0.05) is 11.6 Å². The number of ketones is 1. The number of carbonyl (C=O) groups is 4. The van der Waals surface area contributed by atoms with Crippen molar-refractivity contribution in [1.82, 2.24) is 5.32 Å². The van der Waals surface area contributed by atoms with E-state index in [9.17, 15) is 19.2 Å². The lowest BCUT2D eigenvalue weighted by Gasteiger charge is -2.15. The molecule has 2 N–H and O–H groups in total. The number of benzene rings is 2. The van der Waals surface area contributed by atoms with Gasteiger partial charge in [0.05, 0.1) is 5.69 Å². The second-order valence-corrected chi connectivity index (χ2v) is 6.18. The van der Waals surface area contributed by atoms with Crippen LogP contribution in [0.15, 0.2) is 60.7 Å². The Balaban J connectivity index is 1.81. The zero-order valence-corrected chi connectivity index (χ0v) is 16.2. The third-order valence-electron chi connectivity index (χ3n) is 3.88. The number of ether oxygens (including phenoxy) is 1. The third-order valence-corrected chi connectivity index (χ3v) is 3.88. The van der Waals surface area contributed by atoms with Gasteiger partial charge in [0.1, 0.15) is 6.54 Å². The van der Waals surface area contributed by atoms with Crippen molar-refractivity contribution in [2.45, 2.75) is 20.0 Å². The summed E-state index contributed by atoms with van der Waals surface area (Å²) in [5.41, 5.74) is 1.55. The van der Waals surface area contributed by atoms with E-state index in [0.717, 1.165) is 5.56 Å². The SMILES string of the molecule is CC(=O)c1ccccc1NC(=O)[C@H](C)OC(=O)CNC(=O)/C=C/c1ccccc1. The fraction of sp³-hybridized carbons (Fsp3) is 0.182. The number of rotatable bonds is 8. The molecule has 2 aromatic carbocycles. The molecular formula is C22H22N2O5. The largest absolute Gasteiger partial charge is 0.451 e. The molecular weight excluding hydrogens is 372 g/mol. The molecule has 0 heterocycles. The molecule has 0 aliphatic heterocycles. The molecule has 0 saturated heterocycles. The number of hydrogen-bond donors (Lipinski definition) is 2. The van der Waals surface area contributed by atoms with Crippen molar-refractivity contribution < 1.29 is 23.9 Å². The van der Waals surface area contributed by atoms with Crippen LogP contribution in [-0.4, -0.2) is 36.2 Å². The van der Waals surface area contributed by atoms with Gasteiger partial charge in [-0.05, 0) is 37.6 Å². The Hall–Kier alpha value is -3.74. The average molecular weight is 394 g/mol. The minimum Gasteiger partial charge on any atom is -0.451 e. The van der Waals surface area contributed by atoms with Crippen molar-refractivity contribution in [1.29, 1.82) is 0 Å². The molecule has 7 nitrogen and oxygen atoms in total. The Kier molecular flexibility index (Phi) is 7.85. The first-order valence-corrected chi connectivity index (χ1v) is 8.98. The molecule has 0 aliphatic carbocycles. The fourth-order valence-electron chi connectivity index (χ4n) is 2.38. The average Bonchev–Trinajstić information content (AvgIpc) is 2.71. The molecule has 1 atom stereocenters. The lowest BCUT2D eigenvalue weighted by Crippen LogP contribution is -2.35. The van der Waals surface area contributed by atoms with Crippen LogP contribution in [0.4, 0.5) is 5.69 Å². The van der Waals surface area contributed by atoms with Gasteiger partial charge in [0.2, 0.25) is 5.91 Å². The van der Waals surface area contributed by atoms with Gasteiger partial charge in [-0.2, -0.15) is 0 Å². The van der Waals surface area contributed by atoms with Crippen LogP contribution in [0, 0.1) is 0 Å². The van der Waals surface area contributed by atoms with E-state index in [2.05, 4.69) is 10.6 Å². The summed E-state index contributed by atoms with van der Waals surface area (Å²) in [6.07, 6.45) is 1.82. The van der Waals surface area contributed by atoms with Gasteiger partial charge in [0.15, 0.2) is 11.9 Å². The monoisotopic (exact) mass is 394 g/mol. The van der Waals surface area contributed by atoms with E-state index in [1.807, 2.05) is 30.3 Å². The highest BCUT2D eigenvalue weighted by molar-refractivity contribution is 6.04. The molecule has 29 heavy (non-hydrogen) atoms. The summed E-state index contributed by atoms with van der Waals surface area (Å²) in [5, 5.41) is 4.96. The first-order chi connectivity index (χ1) is 13.9. The highest BCUT2D eigenvalue weighted by atomic mass is 16.5. The highest BCUT2D eigenvalue weighted by Crippen LogP contribution is 2.16. The van der Waals surface area contributed by atoms with E-state index in [4.69, 9.17) is 4.74 Å². The second kappa shape index (κ2) is 10.6. The summed E-state index contributed by atoms with van der Waals surface area (Å²) < 4.78 is 5.02. The minimum absolute atomic E-state index is 0.197. The quantitative estimate of drug-likeness (QED) is 0.407. The Bertz CT molecular complexity index is 922. The third kappa shape index (κ3) is 7.06. The van der Waals surface area contributed by atoms with Crippen molar-refractivity contribution in [3.63, 3.8) is 0 Å². The summed E-state index contributed by atoms with van der Waals surface area (Å²) in [6.45, 7) is 2.42. The number of amides is 2. The van der Waals surface area contributed by atoms with Gasteiger partial charge in [-0.15, -0.1) is 0 Å². The summed E-state index contributed by atoms with van der Waals surface area (Å²) >= 11 is 0. The first-order valence-electron chi connectivity index (χ1n) is 8.98. The summed E-state index contributed by atoms with van der Waals surface area (Å²) in [7, 11) is 0. The van der Waals surface area contributed by atoms with Crippen molar-refractivity contribution >= 4 is 35.3 Å². The lowest BCUT2D eigenvalue weighted by molar-refractivity contribution is -0.152. The Morgan fingerprint density at radius 3 is 2.34 bits per heavy atom. The first kappa shape index (κ1) is 21.6. The van der Waals surface area contributed by atoms with Crippen LogP contribution < -0.4 is 10.6 Å². The molecule has 0 fully saturated rings. The van der Waals surface area contributed by atoms with E-state index in [0.29, 0.717) is 11.3 Å². The van der Waals surface area contributed by atoms with Crippen LogP contribution in [0.5, 0.6) is 0 Å². The van der Waals surface area contributed by atoms with E-state index < -0.39 is 23.9 Å². The lowest BCUT2D eigenvalue weighted by atomic mass is 10.1. The van der Waals surface area contributed by atoms with E-state index in [-0.39, 0.29) is 12.3 Å². The number of nitrogens with one attached hydrogen (secondary N) is 2. The van der Waals surface area contributed by atoms with E-state index in [1.165, 1.54) is 19.9 Å². The second-order valence-electron chi connectivity index (χ2n) is 6.18. The van der Waals surface area contributed by atoms with Gasteiger partial charge >= 0.3 is 5.97 Å². The van der Waals surface area contributed by atoms with E-state index in [1.54, 1.807) is 30.3 Å². The molecule has 0 spiro atoms. The van der Waals surface area contributed by atoms with Gasteiger partial charge < -0.3 is 15.4 Å². The Labute approximate surface area is 168 Å². The maximum absolute atomic E-state index is 12.2.